The van der Waals surface area contributed by atoms with Crippen molar-refractivity contribution in [2.24, 2.45) is 0 Å². The van der Waals surface area contributed by atoms with Gasteiger partial charge in [-0.25, -0.2) is 4.98 Å². The standard InChI is InChI=1S/C12H14ClN3O2/c1-7(17)5-14-12(18)11-8(2)15-10-4-3-9(13)6-16(10)11/h3-4,6-7,17H,5H2,1-2H3,(H,14,18). The fourth-order valence-electron chi connectivity index (χ4n) is 1.73. The number of amides is 1. The SMILES string of the molecule is Cc1nc2ccc(Cl)cn2c1C(=O)NCC(C)O. The number of halogens is 1. The molecule has 96 valence electrons. The first-order chi connectivity index (χ1) is 8.49. The highest BCUT2D eigenvalue weighted by molar-refractivity contribution is 6.30. The number of aliphatic hydroxyl groups is 1. The Morgan fingerprint density at radius 2 is 2.33 bits per heavy atom. The minimum atomic E-state index is -0.586. The molecule has 2 heterocycles. The van der Waals surface area contributed by atoms with Crippen LogP contribution >= 0.6 is 11.6 Å². The van der Waals surface area contributed by atoms with E-state index >= 15 is 0 Å². The van der Waals surface area contributed by atoms with Gasteiger partial charge < -0.3 is 10.4 Å². The number of carbonyl (C=O) groups excluding carboxylic acids is 1. The van der Waals surface area contributed by atoms with E-state index in [0.717, 1.165) is 0 Å². The molecule has 0 aliphatic rings. The molecule has 6 heteroatoms. The van der Waals surface area contributed by atoms with E-state index in [4.69, 9.17) is 16.7 Å². The van der Waals surface area contributed by atoms with Gasteiger partial charge in [0.1, 0.15) is 11.3 Å². The number of nitrogens with one attached hydrogen (secondary N) is 1. The second kappa shape index (κ2) is 4.96. The predicted octanol–water partition coefficient (Wildman–Crippen LogP) is 1.41. The molecule has 1 unspecified atom stereocenters. The van der Waals surface area contributed by atoms with Gasteiger partial charge in [-0.15, -0.1) is 0 Å². The van der Waals surface area contributed by atoms with Crippen LogP contribution in [0.1, 0.15) is 23.1 Å². The van der Waals surface area contributed by atoms with Crippen molar-refractivity contribution in [1.82, 2.24) is 14.7 Å². The third kappa shape index (κ3) is 2.47. The van der Waals surface area contributed by atoms with E-state index in [9.17, 15) is 4.79 Å². The Bertz CT molecular complexity index is 592. The van der Waals surface area contributed by atoms with Gasteiger partial charge in [-0.1, -0.05) is 11.6 Å². The first kappa shape index (κ1) is 12.9. The Morgan fingerprint density at radius 3 is 3.00 bits per heavy atom. The molecule has 0 aromatic carbocycles. The van der Waals surface area contributed by atoms with Crippen molar-refractivity contribution < 1.29 is 9.90 Å². The number of imidazole rings is 1. The summed E-state index contributed by atoms with van der Waals surface area (Å²) in [5.41, 5.74) is 1.73. The quantitative estimate of drug-likeness (QED) is 0.884. The lowest BCUT2D eigenvalue weighted by atomic mass is 10.3. The van der Waals surface area contributed by atoms with Crippen molar-refractivity contribution in [2.45, 2.75) is 20.0 Å². The van der Waals surface area contributed by atoms with Crippen molar-refractivity contribution >= 4 is 23.2 Å². The summed E-state index contributed by atoms with van der Waals surface area (Å²) in [7, 11) is 0. The average Bonchev–Trinajstić information content (AvgIpc) is 2.61. The Labute approximate surface area is 109 Å². The van der Waals surface area contributed by atoms with Crippen LogP contribution in [0.5, 0.6) is 0 Å². The zero-order chi connectivity index (χ0) is 13.3. The molecule has 0 spiro atoms. The van der Waals surface area contributed by atoms with Crippen molar-refractivity contribution in [3.63, 3.8) is 0 Å². The summed E-state index contributed by atoms with van der Waals surface area (Å²) in [5, 5.41) is 12.3. The molecule has 0 fully saturated rings. The maximum absolute atomic E-state index is 12.0. The second-order valence-electron chi connectivity index (χ2n) is 4.18. The second-order valence-corrected chi connectivity index (χ2v) is 4.62. The topological polar surface area (TPSA) is 66.6 Å². The van der Waals surface area contributed by atoms with Crippen molar-refractivity contribution in [3.8, 4) is 0 Å². The van der Waals surface area contributed by atoms with E-state index in [1.165, 1.54) is 0 Å². The van der Waals surface area contributed by atoms with E-state index in [0.29, 0.717) is 22.1 Å². The van der Waals surface area contributed by atoms with E-state index in [-0.39, 0.29) is 12.5 Å². The molecule has 0 radical (unpaired) electrons. The molecular weight excluding hydrogens is 254 g/mol. The summed E-state index contributed by atoms with van der Waals surface area (Å²) in [4.78, 5) is 16.3. The molecule has 0 saturated carbocycles. The number of aliphatic hydroxyl groups excluding tert-OH is 1. The first-order valence-corrected chi connectivity index (χ1v) is 5.97. The number of fused-ring (bicyclic) bond motifs is 1. The van der Waals surface area contributed by atoms with Gasteiger partial charge in [-0.3, -0.25) is 9.20 Å². The Hall–Kier alpha value is -1.59. The molecule has 0 bridgehead atoms. The van der Waals surface area contributed by atoms with Crippen LogP contribution in [0, 0.1) is 6.92 Å². The minimum Gasteiger partial charge on any atom is -0.392 e. The highest BCUT2D eigenvalue weighted by Gasteiger charge is 2.16. The van der Waals surface area contributed by atoms with E-state index in [1.54, 1.807) is 36.6 Å². The molecule has 2 aromatic rings. The third-order valence-corrected chi connectivity index (χ3v) is 2.75. The molecule has 1 amide bonds. The molecule has 1 atom stereocenters. The highest BCUT2D eigenvalue weighted by atomic mass is 35.5. The fraction of sp³-hybridized carbons (Fsp3) is 0.333. The molecule has 0 saturated heterocycles. The summed E-state index contributed by atoms with van der Waals surface area (Å²) in [6.45, 7) is 3.57. The summed E-state index contributed by atoms with van der Waals surface area (Å²) in [6.07, 6.45) is 1.06. The largest absolute Gasteiger partial charge is 0.392 e. The van der Waals surface area contributed by atoms with Crippen LogP contribution in [-0.4, -0.2) is 33.0 Å². The average molecular weight is 268 g/mol. The normalized spacial score (nSPS) is 12.7. The summed E-state index contributed by atoms with van der Waals surface area (Å²) >= 11 is 5.91. The van der Waals surface area contributed by atoms with Crippen molar-refractivity contribution in [1.29, 1.82) is 0 Å². The minimum absolute atomic E-state index is 0.200. The number of aryl methyl sites for hydroxylation is 1. The van der Waals surface area contributed by atoms with E-state index in [2.05, 4.69) is 10.3 Å². The monoisotopic (exact) mass is 267 g/mol. The van der Waals surface area contributed by atoms with Crippen molar-refractivity contribution in [2.75, 3.05) is 6.54 Å². The van der Waals surface area contributed by atoms with Gasteiger partial charge in [0.05, 0.1) is 16.8 Å². The molecular formula is C12H14ClN3O2. The number of nitrogens with zero attached hydrogens (tertiary/aromatic N) is 2. The molecule has 2 rings (SSSR count). The van der Waals surface area contributed by atoms with Gasteiger partial charge in [-0.2, -0.15) is 0 Å². The van der Waals surface area contributed by atoms with Crippen LogP contribution in [0.3, 0.4) is 0 Å². The molecule has 5 nitrogen and oxygen atoms in total. The Morgan fingerprint density at radius 1 is 1.61 bits per heavy atom. The number of hydrogen-bond acceptors (Lipinski definition) is 3. The summed E-state index contributed by atoms with van der Waals surface area (Å²) < 4.78 is 1.65. The molecule has 18 heavy (non-hydrogen) atoms. The van der Waals surface area contributed by atoms with Crippen LogP contribution in [0.2, 0.25) is 5.02 Å². The number of aromatic nitrogens is 2. The molecule has 0 aliphatic heterocycles. The smallest absolute Gasteiger partial charge is 0.270 e. The summed E-state index contributed by atoms with van der Waals surface area (Å²) in [5.74, 6) is -0.275. The van der Waals surface area contributed by atoms with E-state index in [1.807, 2.05) is 0 Å². The number of pyridine rings is 1. The van der Waals surface area contributed by atoms with Crippen LogP contribution in [0.15, 0.2) is 18.3 Å². The van der Waals surface area contributed by atoms with Gasteiger partial charge >= 0.3 is 0 Å². The number of hydrogen-bond donors (Lipinski definition) is 2. The van der Waals surface area contributed by atoms with Crippen LogP contribution in [0.25, 0.3) is 5.65 Å². The van der Waals surface area contributed by atoms with Crippen LogP contribution < -0.4 is 5.32 Å². The molecule has 2 aromatic heterocycles. The van der Waals surface area contributed by atoms with Crippen LogP contribution in [0.4, 0.5) is 0 Å². The zero-order valence-electron chi connectivity index (χ0n) is 10.1. The van der Waals surface area contributed by atoms with E-state index < -0.39 is 6.10 Å². The van der Waals surface area contributed by atoms with Gasteiger partial charge in [0.25, 0.3) is 5.91 Å². The maximum Gasteiger partial charge on any atom is 0.270 e. The third-order valence-electron chi connectivity index (χ3n) is 2.53. The number of rotatable bonds is 3. The van der Waals surface area contributed by atoms with Crippen molar-refractivity contribution in [3.05, 3.63) is 34.7 Å². The maximum atomic E-state index is 12.0. The van der Waals surface area contributed by atoms with Gasteiger partial charge in [0.15, 0.2) is 0 Å². The first-order valence-electron chi connectivity index (χ1n) is 5.59. The lowest BCUT2D eigenvalue weighted by Crippen LogP contribution is -2.31. The lowest BCUT2D eigenvalue weighted by molar-refractivity contribution is 0.0917. The lowest BCUT2D eigenvalue weighted by Gasteiger charge is -2.07. The molecule has 2 N–H and O–H groups in total. The fourth-order valence-corrected chi connectivity index (χ4v) is 1.89. The number of carbonyl (C=O) groups is 1. The Balaban J connectivity index is 2.40. The predicted molar refractivity (Wildman–Crippen MR) is 69.0 cm³/mol. The van der Waals surface area contributed by atoms with Gasteiger partial charge in [-0.05, 0) is 26.0 Å². The van der Waals surface area contributed by atoms with Crippen LogP contribution in [-0.2, 0) is 0 Å². The highest BCUT2D eigenvalue weighted by Crippen LogP contribution is 2.16. The summed E-state index contributed by atoms with van der Waals surface area (Å²) in [6, 6.07) is 3.47. The van der Waals surface area contributed by atoms with Gasteiger partial charge in [0.2, 0.25) is 0 Å². The van der Waals surface area contributed by atoms with Gasteiger partial charge in [0, 0.05) is 12.7 Å². The Kier molecular flexibility index (Phi) is 3.54. The zero-order valence-corrected chi connectivity index (χ0v) is 10.9. The molecule has 0 aliphatic carbocycles.